The van der Waals surface area contributed by atoms with Gasteiger partial charge in [-0.25, -0.2) is 13.8 Å². The maximum atomic E-state index is 14.0. The fourth-order valence-electron chi connectivity index (χ4n) is 2.80. The molecule has 0 atom stereocenters. The van der Waals surface area contributed by atoms with Crippen molar-refractivity contribution < 1.29 is 8.78 Å². The van der Waals surface area contributed by atoms with Crippen molar-refractivity contribution >= 4 is 11.4 Å². The Morgan fingerprint density at radius 3 is 2.75 bits per heavy atom. The zero-order chi connectivity index (χ0) is 16.5. The van der Waals surface area contributed by atoms with Crippen LogP contribution < -0.4 is 5.32 Å². The number of anilines is 1. The van der Waals surface area contributed by atoms with E-state index < -0.39 is 11.6 Å². The van der Waals surface area contributed by atoms with Crippen LogP contribution in [0.3, 0.4) is 0 Å². The van der Waals surface area contributed by atoms with Gasteiger partial charge in [-0.3, -0.25) is 4.98 Å². The molecule has 0 unspecified atom stereocenters. The summed E-state index contributed by atoms with van der Waals surface area (Å²) in [6.07, 6.45) is 7.40. The van der Waals surface area contributed by atoms with Gasteiger partial charge in [0.2, 0.25) is 0 Å². The van der Waals surface area contributed by atoms with Gasteiger partial charge in [-0.05, 0) is 29.3 Å². The van der Waals surface area contributed by atoms with Gasteiger partial charge in [0, 0.05) is 47.9 Å². The number of aromatic nitrogens is 2. The number of halogens is 2. The molecule has 0 saturated carbocycles. The molecule has 0 bridgehead atoms. The molecule has 4 rings (SSSR count). The van der Waals surface area contributed by atoms with Crippen LogP contribution in [0, 0.1) is 11.6 Å². The number of benzene rings is 1. The van der Waals surface area contributed by atoms with Gasteiger partial charge in [-0.2, -0.15) is 0 Å². The van der Waals surface area contributed by atoms with Crippen molar-refractivity contribution in [2.24, 2.45) is 0 Å². The molecule has 0 saturated heterocycles. The summed E-state index contributed by atoms with van der Waals surface area (Å²) < 4.78 is 27.5. The number of rotatable bonds is 2. The Balaban J connectivity index is 1.71. The average molecular weight is 321 g/mol. The van der Waals surface area contributed by atoms with Crippen molar-refractivity contribution in [1.82, 2.24) is 9.97 Å². The Hall–Kier alpha value is -3.08. The molecule has 1 aromatic carbocycles. The van der Waals surface area contributed by atoms with Crippen molar-refractivity contribution in [2.45, 2.75) is 6.42 Å². The van der Waals surface area contributed by atoms with Crippen LogP contribution in [0.5, 0.6) is 0 Å². The molecule has 0 spiro atoms. The quantitative estimate of drug-likeness (QED) is 0.759. The fourth-order valence-corrected chi connectivity index (χ4v) is 2.80. The lowest BCUT2D eigenvalue weighted by molar-refractivity contribution is 0.506. The van der Waals surface area contributed by atoms with E-state index in [2.05, 4.69) is 15.3 Å². The summed E-state index contributed by atoms with van der Waals surface area (Å²) in [5.41, 5.74) is 3.77. The van der Waals surface area contributed by atoms with Crippen molar-refractivity contribution in [1.29, 1.82) is 0 Å². The third-order valence-corrected chi connectivity index (χ3v) is 4.02. The Bertz CT molecular complexity index is 937. The minimum atomic E-state index is -0.846. The number of nitrogens with zero attached hydrogens (tertiary/aromatic N) is 2. The molecule has 0 fully saturated rings. The molecule has 1 aliphatic heterocycles. The molecular weight excluding hydrogens is 308 g/mol. The van der Waals surface area contributed by atoms with Crippen LogP contribution in [0.2, 0.25) is 0 Å². The lowest BCUT2D eigenvalue weighted by atomic mass is 9.95. The van der Waals surface area contributed by atoms with E-state index in [0.29, 0.717) is 12.0 Å². The van der Waals surface area contributed by atoms with E-state index in [9.17, 15) is 8.78 Å². The second-order valence-corrected chi connectivity index (χ2v) is 5.57. The first kappa shape index (κ1) is 14.5. The lowest BCUT2D eigenvalue weighted by Gasteiger charge is -2.19. The molecule has 24 heavy (non-hydrogen) atoms. The van der Waals surface area contributed by atoms with E-state index in [4.69, 9.17) is 0 Å². The van der Waals surface area contributed by atoms with Gasteiger partial charge < -0.3 is 5.32 Å². The van der Waals surface area contributed by atoms with Crippen LogP contribution >= 0.6 is 0 Å². The van der Waals surface area contributed by atoms with Gasteiger partial charge >= 0.3 is 0 Å². The van der Waals surface area contributed by atoms with E-state index in [0.717, 1.165) is 28.6 Å². The molecule has 118 valence electrons. The maximum Gasteiger partial charge on any atom is 0.166 e. The van der Waals surface area contributed by atoms with Gasteiger partial charge in [0.05, 0.1) is 0 Å². The van der Waals surface area contributed by atoms with E-state index in [1.165, 1.54) is 6.07 Å². The molecule has 0 amide bonds. The fraction of sp³-hybridized carbons (Fsp3) is 0.0526. The molecule has 2 aromatic heterocycles. The lowest BCUT2D eigenvalue weighted by Crippen LogP contribution is -2.08. The highest BCUT2D eigenvalue weighted by molar-refractivity contribution is 5.77. The largest absolute Gasteiger partial charge is 0.346 e. The second kappa shape index (κ2) is 5.85. The molecule has 1 N–H and O–H groups in total. The van der Waals surface area contributed by atoms with E-state index in [-0.39, 0.29) is 5.56 Å². The van der Waals surface area contributed by atoms with Crippen molar-refractivity contribution in [3.63, 3.8) is 0 Å². The zero-order valence-corrected chi connectivity index (χ0v) is 12.6. The monoisotopic (exact) mass is 321 g/mol. The molecule has 1 aliphatic rings. The highest BCUT2D eigenvalue weighted by Crippen LogP contribution is 2.32. The number of hydrogen-bond donors (Lipinski definition) is 1. The summed E-state index contributed by atoms with van der Waals surface area (Å²) in [7, 11) is 0. The Morgan fingerprint density at radius 2 is 1.92 bits per heavy atom. The van der Waals surface area contributed by atoms with Crippen molar-refractivity contribution in [3.05, 3.63) is 84.0 Å². The molecule has 0 radical (unpaired) electrons. The predicted octanol–water partition coefficient (Wildman–Crippen LogP) is 4.43. The van der Waals surface area contributed by atoms with Crippen molar-refractivity contribution in [3.8, 4) is 11.1 Å². The first-order valence-corrected chi connectivity index (χ1v) is 7.51. The van der Waals surface area contributed by atoms with Gasteiger partial charge in [0.25, 0.3) is 0 Å². The van der Waals surface area contributed by atoms with Crippen LogP contribution in [0.4, 0.5) is 14.6 Å². The summed E-state index contributed by atoms with van der Waals surface area (Å²) in [6.45, 7) is 0. The summed E-state index contributed by atoms with van der Waals surface area (Å²) in [6, 6.07) is 10.0. The second-order valence-electron chi connectivity index (χ2n) is 5.57. The van der Waals surface area contributed by atoms with Gasteiger partial charge in [-0.15, -0.1) is 0 Å². The normalized spacial score (nSPS) is 13.0. The topological polar surface area (TPSA) is 37.8 Å². The first-order valence-electron chi connectivity index (χ1n) is 7.51. The predicted molar refractivity (Wildman–Crippen MR) is 89.1 cm³/mol. The van der Waals surface area contributed by atoms with Crippen molar-refractivity contribution in [2.75, 3.05) is 5.32 Å². The Kier molecular flexibility index (Phi) is 3.54. The van der Waals surface area contributed by atoms with Crippen LogP contribution in [0.25, 0.3) is 16.7 Å². The van der Waals surface area contributed by atoms with E-state index >= 15 is 0 Å². The third kappa shape index (κ3) is 2.54. The summed E-state index contributed by atoms with van der Waals surface area (Å²) >= 11 is 0. The summed E-state index contributed by atoms with van der Waals surface area (Å²) in [5.74, 6) is -0.949. The average Bonchev–Trinajstić information content (AvgIpc) is 2.64. The molecule has 3 aromatic rings. The standard InChI is InChI=1S/C19H13F2N3/c20-17-5-1-4-16(18(17)21)15-8-13-7-14(10-23-19(13)24-11-15)12-3-2-6-22-9-12/h1-7,9-11H,8H2,(H,23,24). The number of fused-ring (bicyclic) bond motifs is 1. The summed E-state index contributed by atoms with van der Waals surface area (Å²) in [4.78, 5) is 8.52. The maximum absolute atomic E-state index is 14.0. The first-order chi connectivity index (χ1) is 11.7. The highest BCUT2D eigenvalue weighted by atomic mass is 19.2. The molecule has 3 nitrogen and oxygen atoms in total. The molecular formula is C19H13F2N3. The highest BCUT2D eigenvalue weighted by Gasteiger charge is 2.18. The Morgan fingerprint density at radius 1 is 1.00 bits per heavy atom. The zero-order valence-electron chi connectivity index (χ0n) is 12.6. The molecule has 3 heterocycles. The number of nitrogens with one attached hydrogen (secondary N) is 1. The number of hydrogen-bond acceptors (Lipinski definition) is 3. The third-order valence-electron chi connectivity index (χ3n) is 4.02. The van der Waals surface area contributed by atoms with Crippen LogP contribution in [-0.4, -0.2) is 9.97 Å². The van der Waals surface area contributed by atoms with Crippen LogP contribution in [-0.2, 0) is 6.42 Å². The van der Waals surface area contributed by atoms with Gasteiger partial charge in [0.15, 0.2) is 11.6 Å². The van der Waals surface area contributed by atoms with E-state index in [1.807, 2.05) is 18.2 Å². The van der Waals surface area contributed by atoms with Gasteiger partial charge in [0.1, 0.15) is 5.82 Å². The van der Waals surface area contributed by atoms with Crippen LogP contribution in [0.15, 0.2) is 61.2 Å². The summed E-state index contributed by atoms with van der Waals surface area (Å²) in [5, 5.41) is 3.06. The van der Waals surface area contributed by atoms with E-state index in [1.54, 1.807) is 30.9 Å². The minimum absolute atomic E-state index is 0.264. The number of allylic oxidation sites excluding steroid dienone is 1. The molecule has 0 aliphatic carbocycles. The van der Waals surface area contributed by atoms with Crippen LogP contribution in [0.1, 0.15) is 11.1 Å². The smallest absolute Gasteiger partial charge is 0.166 e. The SMILES string of the molecule is Fc1cccc(C2=CNc3ncc(-c4cccnc4)cc3C2)c1F. The Labute approximate surface area is 137 Å². The molecule has 5 heteroatoms. The number of pyridine rings is 2. The van der Waals surface area contributed by atoms with Gasteiger partial charge in [-0.1, -0.05) is 18.2 Å². The minimum Gasteiger partial charge on any atom is -0.346 e.